The Labute approximate surface area is 110 Å². The van der Waals surface area contributed by atoms with Gasteiger partial charge in [-0.3, -0.25) is 14.5 Å². The van der Waals surface area contributed by atoms with Gasteiger partial charge in [-0.25, -0.2) is 0 Å². The number of rotatable bonds is 1. The van der Waals surface area contributed by atoms with Crippen molar-refractivity contribution < 1.29 is 9.59 Å². The molecular formula is C12H13N3O2S. The number of anilines is 1. The van der Waals surface area contributed by atoms with Gasteiger partial charge in [0, 0.05) is 19.5 Å². The summed E-state index contributed by atoms with van der Waals surface area (Å²) >= 11 is 4.87. The molecule has 1 heterocycles. The number of hydrogen-bond donors (Lipinski definition) is 1. The average molecular weight is 263 g/mol. The Bertz CT molecular complexity index is 544. The van der Waals surface area contributed by atoms with Crippen molar-refractivity contribution >= 4 is 34.7 Å². The van der Waals surface area contributed by atoms with E-state index in [1.807, 2.05) is 0 Å². The van der Waals surface area contributed by atoms with Crippen LogP contribution in [0.25, 0.3) is 0 Å². The zero-order chi connectivity index (χ0) is 13.4. The maximum atomic E-state index is 12.3. The lowest BCUT2D eigenvalue weighted by Gasteiger charge is -2.30. The van der Waals surface area contributed by atoms with Gasteiger partial charge in [0.05, 0.1) is 5.69 Å². The van der Waals surface area contributed by atoms with Crippen molar-refractivity contribution in [2.45, 2.75) is 13.1 Å². The number of benzene rings is 1. The summed E-state index contributed by atoms with van der Waals surface area (Å²) in [7, 11) is 1.60. The molecule has 1 atom stereocenters. The van der Waals surface area contributed by atoms with E-state index >= 15 is 0 Å². The second kappa shape index (κ2) is 4.38. The second-order valence-corrected chi connectivity index (χ2v) is 4.51. The fourth-order valence-corrected chi connectivity index (χ4v) is 2.19. The van der Waals surface area contributed by atoms with E-state index in [1.54, 1.807) is 31.3 Å². The monoisotopic (exact) mass is 263 g/mol. The molecule has 2 rings (SSSR count). The van der Waals surface area contributed by atoms with Crippen LogP contribution in [0.3, 0.4) is 0 Å². The maximum absolute atomic E-state index is 12.3. The summed E-state index contributed by atoms with van der Waals surface area (Å²) in [5.74, 6) is -0.391. The van der Waals surface area contributed by atoms with Crippen molar-refractivity contribution in [1.82, 2.24) is 4.90 Å². The van der Waals surface area contributed by atoms with E-state index in [1.165, 1.54) is 16.7 Å². The minimum Gasteiger partial charge on any atom is -0.376 e. The first-order chi connectivity index (χ1) is 8.45. The highest BCUT2D eigenvalue weighted by atomic mass is 32.1. The summed E-state index contributed by atoms with van der Waals surface area (Å²) < 4.78 is 0. The number of nitrogens with two attached hydrogens (primary N) is 1. The molecule has 0 aliphatic carbocycles. The van der Waals surface area contributed by atoms with Crippen molar-refractivity contribution in [3.05, 3.63) is 29.8 Å². The Hall–Kier alpha value is -1.95. The zero-order valence-corrected chi connectivity index (χ0v) is 10.9. The van der Waals surface area contributed by atoms with Crippen LogP contribution >= 0.6 is 12.2 Å². The van der Waals surface area contributed by atoms with Gasteiger partial charge in [-0.05, 0) is 24.4 Å². The van der Waals surface area contributed by atoms with E-state index in [4.69, 9.17) is 18.0 Å². The van der Waals surface area contributed by atoms with Crippen molar-refractivity contribution in [1.29, 1.82) is 0 Å². The minimum atomic E-state index is -0.780. The Morgan fingerprint density at radius 1 is 1.44 bits per heavy atom. The molecule has 1 aliphatic heterocycles. The maximum Gasteiger partial charge on any atom is 0.225 e. The predicted octanol–water partition coefficient (Wildman–Crippen LogP) is 0.737. The molecule has 0 spiro atoms. The smallest absolute Gasteiger partial charge is 0.225 e. The summed E-state index contributed by atoms with van der Waals surface area (Å²) in [6, 6.07) is 6.98. The Morgan fingerprint density at radius 3 is 2.61 bits per heavy atom. The Balaban J connectivity index is 2.54. The van der Waals surface area contributed by atoms with E-state index in [0.29, 0.717) is 11.3 Å². The van der Waals surface area contributed by atoms with Crippen LogP contribution in [0.1, 0.15) is 17.3 Å². The zero-order valence-electron chi connectivity index (χ0n) is 10.1. The van der Waals surface area contributed by atoms with Gasteiger partial charge in [0.25, 0.3) is 0 Å². The molecule has 0 saturated heterocycles. The molecule has 0 radical (unpaired) electrons. The number of fused-ring (bicyclic) bond motifs is 1. The second-order valence-electron chi connectivity index (χ2n) is 4.09. The fourth-order valence-electron chi connectivity index (χ4n) is 2.09. The number of amides is 1. The van der Waals surface area contributed by atoms with Gasteiger partial charge in [-0.15, -0.1) is 0 Å². The van der Waals surface area contributed by atoms with Crippen LogP contribution < -0.4 is 10.6 Å². The molecule has 0 fully saturated rings. The van der Waals surface area contributed by atoms with Gasteiger partial charge >= 0.3 is 0 Å². The standard InChI is InChI=1S/C12H13N3O2S/c1-7(16)15-9-6-4-3-5-8(9)10(17)11(15)14(2)12(13)18/h3-6,11H,1-2H3,(H2,13,18). The van der Waals surface area contributed by atoms with Gasteiger partial charge in [0.2, 0.25) is 11.7 Å². The molecule has 1 amide bonds. The van der Waals surface area contributed by atoms with Gasteiger partial charge in [0.15, 0.2) is 11.3 Å². The highest BCUT2D eigenvalue weighted by molar-refractivity contribution is 7.80. The largest absolute Gasteiger partial charge is 0.376 e. The van der Waals surface area contributed by atoms with Gasteiger partial charge in [0.1, 0.15) is 0 Å². The van der Waals surface area contributed by atoms with Crippen LogP contribution in [-0.2, 0) is 4.79 Å². The quantitative estimate of drug-likeness (QED) is 0.757. The van der Waals surface area contributed by atoms with E-state index in [-0.39, 0.29) is 16.8 Å². The molecule has 6 heteroatoms. The van der Waals surface area contributed by atoms with Crippen molar-refractivity contribution in [2.75, 3.05) is 11.9 Å². The van der Waals surface area contributed by atoms with Crippen LogP contribution in [0, 0.1) is 0 Å². The third-order valence-electron chi connectivity index (χ3n) is 2.96. The van der Waals surface area contributed by atoms with Crippen molar-refractivity contribution in [3.8, 4) is 0 Å². The molecule has 0 aromatic heterocycles. The number of para-hydroxylation sites is 1. The fraction of sp³-hybridized carbons (Fsp3) is 0.250. The molecule has 18 heavy (non-hydrogen) atoms. The molecule has 0 bridgehead atoms. The van der Waals surface area contributed by atoms with Gasteiger partial charge in [-0.1, -0.05) is 12.1 Å². The first kappa shape index (κ1) is 12.5. The molecule has 0 saturated carbocycles. The molecule has 1 aromatic carbocycles. The highest BCUT2D eigenvalue weighted by Crippen LogP contribution is 2.33. The summed E-state index contributed by atoms with van der Waals surface area (Å²) in [5.41, 5.74) is 6.66. The van der Waals surface area contributed by atoms with Crippen molar-refractivity contribution in [3.63, 3.8) is 0 Å². The predicted molar refractivity (Wildman–Crippen MR) is 72.3 cm³/mol. The first-order valence-corrected chi connectivity index (χ1v) is 5.81. The van der Waals surface area contributed by atoms with Crippen LogP contribution in [0.2, 0.25) is 0 Å². The van der Waals surface area contributed by atoms with Crippen LogP contribution in [0.4, 0.5) is 5.69 Å². The Kier molecular flexibility index (Phi) is 3.04. The number of ketones is 1. The van der Waals surface area contributed by atoms with Gasteiger partial charge in [-0.2, -0.15) is 0 Å². The molecule has 5 nitrogen and oxygen atoms in total. The van der Waals surface area contributed by atoms with E-state index in [2.05, 4.69) is 0 Å². The topological polar surface area (TPSA) is 66.6 Å². The molecule has 94 valence electrons. The lowest BCUT2D eigenvalue weighted by Crippen LogP contribution is -2.53. The van der Waals surface area contributed by atoms with E-state index < -0.39 is 6.17 Å². The van der Waals surface area contributed by atoms with Crippen LogP contribution in [0.15, 0.2) is 24.3 Å². The van der Waals surface area contributed by atoms with Crippen LogP contribution in [-0.4, -0.2) is 34.9 Å². The molecule has 2 N–H and O–H groups in total. The number of likely N-dealkylation sites (N-methyl/N-ethyl adjacent to an activating group) is 1. The average Bonchev–Trinajstić information content (AvgIpc) is 2.62. The van der Waals surface area contributed by atoms with E-state index in [0.717, 1.165) is 0 Å². The van der Waals surface area contributed by atoms with Crippen molar-refractivity contribution in [2.24, 2.45) is 5.73 Å². The minimum absolute atomic E-state index is 0.0763. The molecule has 1 aliphatic rings. The third-order valence-corrected chi connectivity index (χ3v) is 3.25. The number of hydrogen-bond acceptors (Lipinski definition) is 3. The number of Topliss-reactive ketones (excluding diaryl/α,β-unsaturated/α-hetero) is 1. The molecule has 1 aromatic rings. The number of nitrogens with zero attached hydrogens (tertiary/aromatic N) is 2. The number of thiocarbonyl (C=S) groups is 1. The summed E-state index contributed by atoms with van der Waals surface area (Å²) in [4.78, 5) is 26.9. The SMILES string of the molecule is CC(=O)N1c2ccccc2C(=O)C1N(C)C(N)=S. The normalized spacial score (nSPS) is 17.6. The summed E-state index contributed by atoms with van der Waals surface area (Å²) in [6.45, 7) is 1.41. The first-order valence-electron chi connectivity index (χ1n) is 5.40. The van der Waals surface area contributed by atoms with Gasteiger partial charge < -0.3 is 10.6 Å². The van der Waals surface area contributed by atoms with Crippen LogP contribution in [0.5, 0.6) is 0 Å². The number of carbonyl (C=O) groups excluding carboxylic acids is 2. The molecule has 1 unspecified atom stereocenters. The number of carbonyl (C=O) groups is 2. The summed E-state index contributed by atoms with van der Waals surface area (Å²) in [5, 5.41) is 0.0763. The summed E-state index contributed by atoms with van der Waals surface area (Å²) in [6.07, 6.45) is -0.780. The Morgan fingerprint density at radius 2 is 2.06 bits per heavy atom. The lowest BCUT2D eigenvalue weighted by atomic mass is 10.1. The third kappa shape index (κ3) is 1.74. The molecular weight excluding hydrogens is 250 g/mol. The lowest BCUT2D eigenvalue weighted by molar-refractivity contribution is -0.117. The highest BCUT2D eigenvalue weighted by Gasteiger charge is 2.42. The van der Waals surface area contributed by atoms with E-state index in [9.17, 15) is 9.59 Å².